The van der Waals surface area contributed by atoms with Gasteiger partial charge in [-0.15, -0.1) is 0 Å². The Morgan fingerprint density at radius 1 is 0.833 bits per heavy atom. The molecule has 0 N–H and O–H groups in total. The minimum absolute atomic E-state index is 0.0687. The molecule has 0 aliphatic carbocycles. The molecule has 3 aromatic carbocycles. The van der Waals surface area contributed by atoms with Gasteiger partial charge >= 0.3 is 0 Å². The lowest BCUT2D eigenvalue weighted by molar-refractivity contribution is 0.101. The minimum atomic E-state index is 0.0687. The summed E-state index contributed by atoms with van der Waals surface area (Å²) in [5.41, 5.74) is 0.717. The van der Waals surface area contributed by atoms with Crippen molar-refractivity contribution in [3.05, 3.63) is 66.2 Å². The highest BCUT2D eigenvalue weighted by Crippen LogP contribution is 2.28. The number of Topliss-reactive ketones (excluding diaryl/α,β-unsaturated/α-hetero) is 1. The quantitative estimate of drug-likeness (QED) is 0.572. The first-order chi connectivity index (χ1) is 11.5. The van der Waals surface area contributed by atoms with E-state index >= 15 is 0 Å². The van der Waals surface area contributed by atoms with Gasteiger partial charge in [-0.3, -0.25) is 4.79 Å². The summed E-state index contributed by atoms with van der Waals surface area (Å²) in [5.74, 6) is 2.33. The average Bonchev–Trinajstić information content (AvgIpc) is 2.54. The van der Waals surface area contributed by atoms with E-state index in [2.05, 4.69) is 0 Å². The van der Waals surface area contributed by atoms with Crippen LogP contribution in [0.15, 0.2) is 60.7 Å². The number of hydrogen-bond donors (Lipinski definition) is 0. The standard InChI is InChI=1S/C21H20O3/c1-14(2)23-19-5-4-6-20(13-19)24-21-10-9-17-11-16(15(3)22)7-8-18(17)12-21/h4-14H,1-3H3. The van der Waals surface area contributed by atoms with Crippen molar-refractivity contribution < 1.29 is 14.3 Å². The maximum absolute atomic E-state index is 11.5. The van der Waals surface area contributed by atoms with Gasteiger partial charge in [-0.25, -0.2) is 0 Å². The van der Waals surface area contributed by atoms with Crippen LogP contribution in [0.25, 0.3) is 10.8 Å². The molecule has 3 nitrogen and oxygen atoms in total. The van der Waals surface area contributed by atoms with Crippen molar-refractivity contribution in [2.75, 3.05) is 0 Å². The molecule has 0 amide bonds. The van der Waals surface area contributed by atoms with E-state index < -0.39 is 0 Å². The Bertz CT molecular complexity index is 881. The highest BCUT2D eigenvalue weighted by atomic mass is 16.5. The van der Waals surface area contributed by atoms with E-state index in [1.807, 2.05) is 74.5 Å². The van der Waals surface area contributed by atoms with Crippen LogP contribution in [0, 0.1) is 0 Å². The van der Waals surface area contributed by atoms with Crippen LogP contribution >= 0.6 is 0 Å². The van der Waals surface area contributed by atoms with Crippen molar-refractivity contribution in [3.63, 3.8) is 0 Å². The van der Waals surface area contributed by atoms with Crippen LogP contribution in [0.3, 0.4) is 0 Å². The van der Waals surface area contributed by atoms with E-state index in [4.69, 9.17) is 9.47 Å². The molecule has 0 unspecified atom stereocenters. The fraction of sp³-hybridized carbons (Fsp3) is 0.190. The molecule has 3 heteroatoms. The molecule has 0 aliphatic heterocycles. The van der Waals surface area contributed by atoms with Crippen molar-refractivity contribution in [2.45, 2.75) is 26.9 Å². The second-order valence-electron chi connectivity index (χ2n) is 6.02. The summed E-state index contributed by atoms with van der Waals surface area (Å²) in [6.07, 6.45) is 0.122. The third-order valence-corrected chi connectivity index (χ3v) is 3.63. The van der Waals surface area contributed by atoms with Gasteiger partial charge in [0.15, 0.2) is 5.78 Å². The lowest BCUT2D eigenvalue weighted by Gasteiger charge is -2.12. The van der Waals surface area contributed by atoms with E-state index in [1.54, 1.807) is 6.92 Å². The molecule has 0 bridgehead atoms. The van der Waals surface area contributed by atoms with Gasteiger partial charge in [0.25, 0.3) is 0 Å². The number of ether oxygens (including phenoxy) is 2. The summed E-state index contributed by atoms with van der Waals surface area (Å²) in [6, 6.07) is 19.1. The fourth-order valence-electron chi connectivity index (χ4n) is 2.53. The number of benzene rings is 3. The molecule has 0 aromatic heterocycles. The molecule has 0 atom stereocenters. The molecular weight excluding hydrogens is 300 g/mol. The smallest absolute Gasteiger partial charge is 0.159 e. The van der Waals surface area contributed by atoms with E-state index in [1.165, 1.54) is 0 Å². The summed E-state index contributed by atoms with van der Waals surface area (Å²) >= 11 is 0. The van der Waals surface area contributed by atoms with Crippen LogP contribution in [0.2, 0.25) is 0 Å². The maximum Gasteiger partial charge on any atom is 0.159 e. The van der Waals surface area contributed by atoms with E-state index in [0.717, 1.165) is 33.6 Å². The molecule has 24 heavy (non-hydrogen) atoms. The Hall–Kier alpha value is -2.81. The van der Waals surface area contributed by atoms with E-state index in [-0.39, 0.29) is 11.9 Å². The lowest BCUT2D eigenvalue weighted by atomic mass is 10.0. The number of rotatable bonds is 5. The van der Waals surface area contributed by atoms with Gasteiger partial charge in [0.2, 0.25) is 0 Å². The van der Waals surface area contributed by atoms with Crippen molar-refractivity contribution in [1.29, 1.82) is 0 Å². The molecule has 0 saturated carbocycles. The molecule has 3 rings (SSSR count). The highest BCUT2D eigenvalue weighted by Gasteiger charge is 2.05. The summed E-state index contributed by atoms with van der Waals surface area (Å²) in [5, 5.41) is 2.05. The zero-order valence-corrected chi connectivity index (χ0v) is 14.1. The summed E-state index contributed by atoms with van der Waals surface area (Å²) in [7, 11) is 0. The van der Waals surface area contributed by atoms with Crippen molar-refractivity contribution >= 4 is 16.6 Å². The van der Waals surface area contributed by atoms with Gasteiger partial charge in [-0.05, 0) is 61.9 Å². The lowest BCUT2D eigenvalue weighted by Crippen LogP contribution is -2.05. The van der Waals surface area contributed by atoms with E-state index in [0.29, 0.717) is 0 Å². The second-order valence-corrected chi connectivity index (χ2v) is 6.02. The first-order valence-electron chi connectivity index (χ1n) is 8.00. The SMILES string of the molecule is CC(=O)c1ccc2cc(Oc3cccc(OC(C)C)c3)ccc2c1. The summed E-state index contributed by atoms with van der Waals surface area (Å²) in [6.45, 7) is 5.56. The fourth-order valence-corrected chi connectivity index (χ4v) is 2.53. The van der Waals surface area contributed by atoms with Gasteiger partial charge < -0.3 is 9.47 Å². The first-order valence-corrected chi connectivity index (χ1v) is 8.00. The van der Waals surface area contributed by atoms with Gasteiger partial charge in [-0.1, -0.05) is 24.3 Å². The van der Waals surface area contributed by atoms with Crippen LogP contribution in [0.5, 0.6) is 17.2 Å². The van der Waals surface area contributed by atoms with Gasteiger partial charge in [-0.2, -0.15) is 0 Å². The van der Waals surface area contributed by atoms with Gasteiger partial charge in [0.05, 0.1) is 6.10 Å². The van der Waals surface area contributed by atoms with Crippen molar-refractivity contribution in [2.24, 2.45) is 0 Å². The Balaban J connectivity index is 1.85. The normalized spacial score (nSPS) is 10.8. The zero-order valence-electron chi connectivity index (χ0n) is 14.1. The van der Waals surface area contributed by atoms with Crippen LogP contribution in [0.4, 0.5) is 0 Å². The molecule has 0 radical (unpaired) electrons. The van der Waals surface area contributed by atoms with E-state index in [9.17, 15) is 4.79 Å². The molecule has 0 saturated heterocycles. The van der Waals surface area contributed by atoms with Crippen LogP contribution in [-0.2, 0) is 0 Å². The number of fused-ring (bicyclic) bond motifs is 1. The summed E-state index contributed by atoms with van der Waals surface area (Å²) in [4.78, 5) is 11.5. The molecular formula is C21H20O3. The molecule has 0 heterocycles. The Morgan fingerprint density at radius 3 is 2.25 bits per heavy atom. The molecule has 0 spiro atoms. The van der Waals surface area contributed by atoms with Crippen molar-refractivity contribution in [1.82, 2.24) is 0 Å². The minimum Gasteiger partial charge on any atom is -0.491 e. The number of carbonyl (C=O) groups excluding carboxylic acids is 1. The van der Waals surface area contributed by atoms with Crippen LogP contribution < -0.4 is 9.47 Å². The number of carbonyl (C=O) groups is 1. The third-order valence-electron chi connectivity index (χ3n) is 3.63. The van der Waals surface area contributed by atoms with Gasteiger partial charge in [0, 0.05) is 11.6 Å². The highest BCUT2D eigenvalue weighted by molar-refractivity contribution is 5.98. The van der Waals surface area contributed by atoms with Gasteiger partial charge in [0.1, 0.15) is 17.2 Å². The Labute approximate surface area is 141 Å². The number of hydrogen-bond acceptors (Lipinski definition) is 3. The largest absolute Gasteiger partial charge is 0.491 e. The Morgan fingerprint density at radius 2 is 1.50 bits per heavy atom. The maximum atomic E-state index is 11.5. The third kappa shape index (κ3) is 3.74. The van der Waals surface area contributed by atoms with Crippen LogP contribution in [0.1, 0.15) is 31.1 Å². The predicted octanol–water partition coefficient (Wildman–Crippen LogP) is 5.62. The van der Waals surface area contributed by atoms with Crippen molar-refractivity contribution in [3.8, 4) is 17.2 Å². The topological polar surface area (TPSA) is 35.5 Å². The Kier molecular flexibility index (Phi) is 4.52. The monoisotopic (exact) mass is 320 g/mol. The molecule has 122 valence electrons. The second kappa shape index (κ2) is 6.75. The van der Waals surface area contributed by atoms with Crippen LogP contribution in [-0.4, -0.2) is 11.9 Å². The first kappa shape index (κ1) is 16.1. The predicted molar refractivity (Wildman–Crippen MR) is 96.2 cm³/mol. The molecule has 0 aliphatic rings. The average molecular weight is 320 g/mol. The molecule has 3 aromatic rings. The summed E-state index contributed by atoms with van der Waals surface area (Å²) < 4.78 is 11.6. The zero-order chi connectivity index (χ0) is 17.1. The number of ketones is 1. The molecule has 0 fully saturated rings.